The van der Waals surface area contributed by atoms with Crippen molar-refractivity contribution in [1.82, 2.24) is 9.97 Å². The van der Waals surface area contributed by atoms with E-state index in [1.54, 1.807) is 0 Å². The fraction of sp³-hybridized carbons (Fsp3) is 0.0169. The summed E-state index contributed by atoms with van der Waals surface area (Å²) >= 11 is 0. The van der Waals surface area contributed by atoms with Crippen LogP contribution in [-0.2, 0) is 5.41 Å². The van der Waals surface area contributed by atoms with Crippen LogP contribution in [0, 0.1) is 0 Å². The summed E-state index contributed by atoms with van der Waals surface area (Å²) in [7, 11) is 0. The average molecular weight is 775 g/mol. The van der Waals surface area contributed by atoms with Crippen LogP contribution in [0.1, 0.15) is 22.3 Å². The first kappa shape index (κ1) is 35.0. The zero-order valence-corrected chi connectivity index (χ0v) is 33.3. The van der Waals surface area contributed by atoms with Gasteiger partial charge in [-0.25, -0.2) is 9.97 Å². The van der Waals surface area contributed by atoms with Gasteiger partial charge in [0.15, 0.2) is 5.82 Å². The highest BCUT2D eigenvalue weighted by Crippen LogP contribution is 2.57. The van der Waals surface area contributed by atoms with E-state index >= 15 is 0 Å². The molecule has 0 atom stereocenters. The minimum atomic E-state index is -0.517. The smallest absolute Gasteiger partial charge is 0.160 e. The SMILES string of the molecule is c1ccc(-c2nc(-c3ccc4ccccc4c3)cc(-c3ccc(-c4ccc5c(c4)C(c4ccccc4)(c4ccccc4)c4cc6ccccc6cc4-5)c4ccccc34)n2)cc1. The molecule has 284 valence electrons. The van der Waals surface area contributed by atoms with Gasteiger partial charge >= 0.3 is 0 Å². The quantitative estimate of drug-likeness (QED) is 0.168. The van der Waals surface area contributed by atoms with Gasteiger partial charge in [-0.15, -0.1) is 0 Å². The molecule has 0 saturated heterocycles. The van der Waals surface area contributed by atoms with Gasteiger partial charge in [0.2, 0.25) is 0 Å². The highest BCUT2D eigenvalue weighted by atomic mass is 14.9. The van der Waals surface area contributed by atoms with E-state index in [2.05, 4.69) is 212 Å². The van der Waals surface area contributed by atoms with E-state index < -0.39 is 5.41 Å². The summed E-state index contributed by atoms with van der Waals surface area (Å²) in [4.78, 5) is 10.5. The van der Waals surface area contributed by atoms with Crippen LogP contribution >= 0.6 is 0 Å². The third-order valence-corrected chi connectivity index (χ3v) is 12.7. The Kier molecular flexibility index (Phi) is 8.11. The monoisotopic (exact) mass is 774 g/mol. The Hall–Kier alpha value is -7.94. The molecule has 0 aliphatic heterocycles. The predicted octanol–water partition coefficient (Wildman–Crippen LogP) is 15.0. The van der Waals surface area contributed by atoms with Crippen molar-refractivity contribution in [3.8, 4) is 56.2 Å². The van der Waals surface area contributed by atoms with Crippen LogP contribution in [0.3, 0.4) is 0 Å². The summed E-state index contributed by atoms with van der Waals surface area (Å²) in [5.41, 5.74) is 14.4. The molecule has 11 aromatic rings. The Bertz CT molecular complexity index is 3420. The van der Waals surface area contributed by atoms with Gasteiger partial charge in [-0.05, 0) is 107 Å². The van der Waals surface area contributed by atoms with Crippen molar-refractivity contribution in [3.63, 3.8) is 0 Å². The predicted molar refractivity (Wildman–Crippen MR) is 254 cm³/mol. The lowest BCUT2D eigenvalue weighted by Crippen LogP contribution is -2.28. The van der Waals surface area contributed by atoms with Crippen molar-refractivity contribution < 1.29 is 0 Å². The molecule has 2 heteroatoms. The van der Waals surface area contributed by atoms with Crippen molar-refractivity contribution in [2.75, 3.05) is 0 Å². The molecule has 0 bridgehead atoms. The molecule has 1 aliphatic carbocycles. The van der Waals surface area contributed by atoms with Crippen molar-refractivity contribution in [2.45, 2.75) is 5.41 Å². The molecule has 1 aliphatic rings. The number of benzene rings is 10. The lowest BCUT2D eigenvalue weighted by atomic mass is 9.67. The van der Waals surface area contributed by atoms with Gasteiger partial charge in [-0.1, -0.05) is 200 Å². The summed E-state index contributed by atoms with van der Waals surface area (Å²) < 4.78 is 0. The number of fused-ring (bicyclic) bond motifs is 6. The molecule has 0 radical (unpaired) electrons. The Morgan fingerprint density at radius 3 is 1.49 bits per heavy atom. The van der Waals surface area contributed by atoms with Gasteiger partial charge in [-0.3, -0.25) is 0 Å². The number of hydrogen-bond donors (Lipinski definition) is 0. The van der Waals surface area contributed by atoms with Crippen molar-refractivity contribution in [1.29, 1.82) is 0 Å². The largest absolute Gasteiger partial charge is 0.228 e. The first-order chi connectivity index (χ1) is 30.2. The van der Waals surface area contributed by atoms with E-state index in [4.69, 9.17) is 9.97 Å². The van der Waals surface area contributed by atoms with E-state index in [0.29, 0.717) is 5.82 Å². The van der Waals surface area contributed by atoms with Crippen LogP contribution < -0.4 is 0 Å². The lowest BCUT2D eigenvalue weighted by Gasteiger charge is -2.34. The molecule has 12 rings (SSSR count). The maximum absolute atomic E-state index is 5.28. The van der Waals surface area contributed by atoms with Crippen LogP contribution in [0.5, 0.6) is 0 Å². The molecular formula is C59H38N2. The summed E-state index contributed by atoms with van der Waals surface area (Å²) in [5, 5.41) is 7.21. The second-order valence-corrected chi connectivity index (χ2v) is 16.1. The van der Waals surface area contributed by atoms with E-state index in [0.717, 1.165) is 33.5 Å². The van der Waals surface area contributed by atoms with Gasteiger partial charge < -0.3 is 0 Å². The van der Waals surface area contributed by atoms with E-state index in [1.165, 1.54) is 71.4 Å². The highest BCUT2D eigenvalue weighted by molar-refractivity contribution is 6.06. The highest BCUT2D eigenvalue weighted by Gasteiger charge is 2.46. The topological polar surface area (TPSA) is 25.8 Å². The molecule has 0 fully saturated rings. The summed E-state index contributed by atoms with van der Waals surface area (Å²) in [6, 6.07) is 83.8. The molecule has 2 nitrogen and oxygen atoms in total. The average Bonchev–Trinajstić information content (AvgIpc) is 3.62. The van der Waals surface area contributed by atoms with Crippen LogP contribution in [-0.4, -0.2) is 9.97 Å². The van der Waals surface area contributed by atoms with Gasteiger partial charge in [0.05, 0.1) is 16.8 Å². The summed E-state index contributed by atoms with van der Waals surface area (Å²) in [6.45, 7) is 0. The summed E-state index contributed by atoms with van der Waals surface area (Å²) in [5.74, 6) is 0.707. The van der Waals surface area contributed by atoms with Crippen molar-refractivity contribution in [3.05, 3.63) is 253 Å². The Morgan fingerprint density at radius 1 is 0.279 bits per heavy atom. The zero-order chi connectivity index (χ0) is 40.3. The molecule has 0 unspecified atom stereocenters. The van der Waals surface area contributed by atoms with Crippen molar-refractivity contribution >= 4 is 32.3 Å². The molecule has 0 N–H and O–H groups in total. The van der Waals surface area contributed by atoms with E-state index in [-0.39, 0.29) is 0 Å². The van der Waals surface area contributed by atoms with Gasteiger partial charge in [-0.2, -0.15) is 0 Å². The van der Waals surface area contributed by atoms with Crippen LogP contribution in [0.25, 0.3) is 88.5 Å². The van der Waals surface area contributed by atoms with Gasteiger partial charge in [0.1, 0.15) is 0 Å². The number of nitrogens with zero attached hydrogens (tertiary/aromatic N) is 2. The van der Waals surface area contributed by atoms with E-state index in [1.807, 2.05) is 18.2 Å². The second kappa shape index (κ2) is 14.1. The van der Waals surface area contributed by atoms with Gasteiger partial charge in [0.25, 0.3) is 0 Å². The van der Waals surface area contributed by atoms with Crippen LogP contribution in [0.4, 0.5) is 0 Å². The molecule has 1 aromatic heterocycles. The standard InChI is InChI=1S/C59H38N2/c1-4-17-40(18-5-1)58-60-56(45-29-28-39-16-10-11-19-41(39)34-45)38-57(61-58)52-33-32-48(49-26-14-15-27-50(49)52)44-30-31-51-53-35-42-20-12-13-21-43(42)36-55(53)59(54(51)37-44,46-22-6-2-7-23-46)47-24-8-3-9-25-47/h1-38H. The first-order valence-corrected chi connectivity index (χ1v) is 21.0. The zero-order valence-electron chi connectivity index (χ0n) is 33.3. The normalized spacial score (nSPS) is 12.7. The second-order valence-electron chi connectivity index (χ2n) is 16.1. The number of hydrogen-bond acceptors (Lipinski definition) is 2. The molecular weight excluding hydrogens is 737 g/mol. The number of aromatic nitrogens is 2. The van der Waals surface area contributed by atoms with Gasteiger partial charge in [0, 0.05) is 16.7 Å². The molecule has 10 aromatic carbocycles. The Labute approximate surface area is 355 Å². The fourth-order valence-corrected chi connectivity index (χ4v) is 9.91. The van der Waals surface area contributed by atoms with Crippen LogP contribution in [0.2, 0.25) is 0 Å². The number of rotatable bonds is 6. The minimum absolute atomic E-state index is 0.517. The minimum Gasteiger partial charge on any atom is -0.228 e. The van der Waals surface area contributed by atoms with Crippen molar-refractivity contribution in [2.24, 2.45) is 0 Å². The van der Waals surface area contributed by atoms with Crippen LogP contribution in [0.15, 0.2) is 231 Å². The molecule has 1 heterocycles. The Balaban J connectivity index is 1.07. The molecule has 61 heavy (non-hydrogen) atoms. The molecule has 0 spiro atoms. The third-order valence-electron chi connectivity index (χ3n) is 12.7. The fourth-order valence-electron chi connectivity index (χ4n) is 9.91. The maximum Gasteiger partial charge on any atom is 0.160 e. The molecule has 0 amide bonds. The first-order valence-electron chi connectivity index (χ1n) is 21.0. The van der Waals surface area contributed by atoms with E-state index in [9.17, 15) is 0 Å². The lowest BCUT2D eigenvalue weighted by molar-refractivity contribution is 0.770. The maximum atomic E-state index is 5.28. The third kappa shape index (κ3) is 5.64. The molecule has 0 saturated carbocycles. The Morgan fingerprint density at radius 2 is 0.787 bits per heavy atom. The summed E-state index contributed by atoms with van der Waals surface area (Å²) in [6.07, 6.45) is 0.